The van der Waals surface area contributed by atoms with Crippen molar-refractivity contribution in [2.75, 3.05) is 13.1 Å². The molecule has 1 fully saturated rings. The van der Waals surface area contributed by atoms with E-state index in [-0.39, 0.29) is 5.92 Å². The summed E-state index contributed by atoms with van der Waals surface area (Å²) in [6.45, 7) is 2.97. The van der Waals surface area contributed by atoms with E-state index in [2.05, 4.69) is 5.32 Å². The number of rotatable bonds is 2. The molecule has 0 aromatic heterocycles. The summed E-state index contributed by atoms with van der Waals surface area (Å²) in [6, 6.07) is 5.15. The molecule has 0 spiro atoms. The Morgan fingerprint density at radius 3 is 2.39 bits per heavy atom. The summed E-state index contributed by atoms with van der Waals surface area (Å²) in [5, 5.41) is 13.1. The standard InChI is InChI=1S/C13H16F3NO/c1-12(18)8-17-7-11(12)6-9-2-4-10(5-3-9)13(14,15)16/h2-5,11,17-18H,6-8H2,1H3. The zero-order valence-electron chi connectivity index (χ0n) is 10.1. The number of β-amino-alcohol motifs (C(OH)–C–C–N with tert-alkyl or cyclic N) is 1. The maximum Gasteiger partial charge on any atom is 0.416 e. The molecule has 1 aliphatic rings. The van der Waals surface area contributed by atoms with Crippen LogP contribution in [-0.2, 0) is 12.6 Å². The molecule has 0 radical (unpaired) electrons. The Morgan fingerprint density at radius 1 is 1.33 bits per heavy atom. The zero-order valence-corrected chi connectivity index (χ0v) is 10.1. The number of halogens is 3. The predicted octanol–water partition coefficient (Wildman–Crippen LogP) is 2.22. The lowest BCUT2D eigenvalue weighted by molar-refractivity contribution is -0.137. The first-order valence-corrected chi connectivity index (χ1v) is 5.88. The fourth-order valence-electron chi connectivity index (χ4n) is 2.27. The average molecular weight is 259 g/mol. The highest BCUT2D eigenvalue weighted by molar-refractivity contribution is 5.25. The van der Waals surface area contributed by atoms with Crippen LogP contribution in [0.2, 0.25) is 0 Å². The van der Waals surface area contributed by atoms with Crippen LogP contribution in [0.5, 0.6) is 0 Å². The van der Waals surface area contributed by atoms with E-state index in [1.54, 1.807) is 6.92 Å². The van der Waals surface area contributed by atoms with Gasteiger partial charge in [0.1, 0.15) is 0 Å². The smallest absolute Gasteiger partial charge is 0.389 e. The van der Waals surface area contributed by atoms with Gasteiger partial charge in [0.2, 0.25) is 0 Å². The van der Waals surface area contributed by atoms with Gasteiger partial charge in [-0.2, -0.15) is 13.2 Å². The molecule has 5 heteroatoms. The van der Waals surface area contributed by atoms with Crippen molar-refractivity contribution in [3.8, 4) is 0 Å². The quantitative estimate of drug-likeness (QED) is 0.853. The third kappa shape index (κ3) is 2.84. The topological polar surface area (TPSA) is 32.3 Å². The molecule has 1 saturated heterocycles. The molecule has 18 heavy (non-hydrogen) atoms. The van der Waals surface area contributed by atoms with E-state index in [0.29, 0.717) is 19.5 Å². The SMILES string of the molecule is CC1(O)CNCC1Cc1ccc(C(F)(F)F)cc1. The highest BCUT2D eigenvalue weighted by atomic mass is 19.4. The Labute approximate surface area is 104 Å². The molecule has 2 atom stereocenters. The van der Waals surface area contributed by atoms with E-state index in [0.717, 1.165) is 17.7 Å². The number of hydrogen-bond acceptors (Lipinski definition) is 2. The second-order valence-corrected chi connectivity index (χ2v) is 5.08. The maximum absolute atomic E-state index is 12.4. The van der Waals surface area contributed by atoms with Crippen molar-refractivity contribution >= 4 is 0 Å². The van der Waals surface area contributed by atoms with Gasteiger partial charge in [0.15, 0.2) is 0 Å². The van der Waals surface area contributed by atoms with Gasteiger partial charge in [-0.15, -0.1) is 0 Å². The van der Waals surface area contributed by atoms with Crippen molar-refractivity contribution in [3.63, 3.8) is 0 Å². The van der Waals surface area contributed by atoms with Crippen LogP contribution in [0.3, 0.4) is 0 Å². The van der Waals surface area contributed by atoms with Crippen molar-refractivity contribution in [2.24, 2.45) is 5.92 Å². The second kappa shape index (κ2) is 4.55. The number of alkyl halides is 3. The lowest BCUT2D eigenvalue weighted by atomic mass is 9.87. The van der Waals surface area contributed by atoms with Gasteiger partial charge in [0, 0.05) is 19.0 Å². The van der Waals surface area contributed by atoms with Gasteiger partial charge >= 0.3 is 6.18 Å². The summed E-state index contributed by atoms with van der Waals surface area (Å²) >= 11 is 0. The van der Waals surface area contributed by atoms with Crippen molar-refractivity contribution in [1.82, 2.24) is 5.32 Å². The highest BCUT2D eigenvalue weighted by Crippen LogP contribution is 2.30. The van der Waals surface area contributed by atoms with Gasteiger partial charge in [-0.05, 0) is 31.0 Å². The van der Waals surface area contributed by atoms with E-state index in [4.69, 9.17) is 0 Å². The number of nitrogens with one attached hydrogen (secondary N) is 1. The molecule has 0 bridgehead atoms. The average Bonchev–Trinajstić information content (AvgIpc) is 2.58. The van der Waals surface area contributed by atoms with Crippen LogP contribution in [0.25, 0.3) is 0 Å². The first-order chi connectivity index (χ1) is 8.29. The minimum absolute atomic E-state index is 0.0363. The van der Waals surface area contributed by atoms with E-state index in [1.807, 2.05) is 0 Å². The van der Waals surface area contributed by atoms with Gasteiger partial charge in [-0.25, -0.2) is 0 Å². The summed E-state index contributed by atoms with van der Waals surface area (Å²) in [4.78, 5) is 0. The van der Waals surface area contributed by atoms with E-state index >= 15 is 0 Å². The van der Waals surface area contributed by atoms with E-state index < -0.39 is 17.3 Å². The molecular formula is C13H16F3NO. The number of aliphatic hydroxyl groups is 1. The molecule has 100 valence electrons. The lowest BCUT2D eigenvalue weighted by Gasteiger charge is -2.24. The second-order valence-electron chi connectivity index (χ2n) is 5.08. The van der Waals surface area contributed by atoms with Crippen molar-refractivity contribution < 1.29 is 18.3 Å². The number of hydrogen-bond donors (Lipinski definition) is 2. The third-order valence-electron chi connectivity index (χ3n) is 3.52. The third-order valence-corrected chi connectivity index (χ3v) is 3.52. The van der Waals surface area contributed by atoms with Crippen molar-refractivity contribution in [3.05, 3.63) is 35.4 Å². The van der Waals surface area contributed by atoms with Crippen LogP contribution in [-0.4, -0.2) is 23.8 Å². The van der Waals surface area contributed by atoms with Crippen LogP contribution in [0.4, 0.5) is 13.2 Å². The van der Waals surface area contributed by atoms with Gasteiger partial charge in [-0.1, -0.05) is 12.1 Å². The maximum atomic E-state index is 12.4. The summed E-state index contributed by atoms with van der Waals surface area (Å²) in [6.07, 6.45) is -3.71. The first kappa shape index (κ1) is 13.4. The molecule has 1 heterocycles. The van der Waals surface area contributed by atoms with Gasteiger partial charge in [0.25, 0.3) is 0 Å². The molecule has 1 aromatic carbocycles. The highest BCUT2D eigenvalue weighted by Gasteiger charge is 2.36. The molecule has 0 aliphatic carbocycles. The molecular weight excluding hydrogens is 243 g/mol. The van der Waals surface area contributed by atoms with Crippen LogP contribution in [0, 0.1) is 5.92 Å². The minimum Gasteiger partial charge on any atom is -0.389 e. The molecule has 2 N–H and O–H groups in total. The Kier molecular flexibility index (Phi) is 3.38. The summed E-state index contributed by atoms with van der Waals surface area (Å²) in [5.74, 6) is 0.0363. The van der Waals surface area contributed by atoms with Crippen molar-refractivity contribution in [1.29, 1.82) is 0 Å². The van der Waals surface area contributed by atoms with Crippen LogP contribution >= 0.6 is 0 Å². The molecule has 2 unspecified atom stereocenters. The predicted molar refractivity (Wildman–Crippen MR) is 62.1 cm³/mol. The molecule has 0 saturated carbocycles. The fraction of sp³-hybridized carbons (Fsp3) is 0.538. The minimum atomic E-state index is -4.29. The monoisotopic (exact) mass is 259 g/mol. The van der Waals surface area contributed by atoms with Gasteiger partial charge < -0.3 is 10.4 Å². The lowest BCUT2D eigenvalue weighted by Crippen LogP contribution is -2.34. The van der Waals surface area contributed by atoms with E-state index in [9.17, 15) is 18.3 Å². The zero-order chi connectivity index (χ0) is 13.4. The van der Waals surface area contributed by atoms with Crippen LogP contribution < -0.4 is 5.32 Å². The largest absolute Gasteiger partial charge is 0.416 e. The fourth-order valence-corrected chi connectivity index (χ4v) is 2.27. The molecule has 0 amide bonds. The molecule has 1 aromatic rings. The van der Waals surface area contributed by atoms with Crippen LogP contribution in [0.15, 0.2) is 24.3 Å². The molecule has 1 aliphatic heterocycles. The van der Waals surface area contributed by atoms with E-state index in [1.165, 1.54) is 12.1 Å². The van der Waals surface area contributed by atoms with Gasteiger partial charge in [0.05, 0.1) is 11.2 Å². The summed E-state index contributed by atoms with van der Waals surface area (Å²) < 4.78 is 37.2. The van der Waals surface area contributed by atoms with Crippen molar-refractivity contribution in [2.45, 2.75) is 25.1 Å². The Bertz CT molecular complexity index is 411. The Balaban J connectivity index is 2.07. The van der Waals surface area contributed by atoms with Gasteiger partial charge in [-0.3, -0.25) is 0 Å². The Hall–Kier alpha value is -1.07. The number of benzene rings is 1. The van der Waals surface area contributed by atoms with Crippen LogP contribution in [0.1, 0.15) is 18.1 Å². The molecule has 2 rings (SSSR count). The normalized spacial score (nSPS) is 28.6. The molecule has 2 nitrogen and oxygen atoms in total. The summed E-state index contributed by atoms with van der Waals surface area (Å²) in [7, 11) is 0. The summed E-state index contributed by atoms with van der Waals surface area (Å²) in [5.41, 5.74) is -0.609. The Morgan fingerprint density at radius 2 is 1.94 bits per heavy atom. The first-order valence-electron chi connectivity index (χ1n) is 5.88.